The van der Waals surface area contributed by atoms with E-state index in [2.05, 4.69) is 15.3 Å². The Labute approximate surface area is 169 Å². The highest BCUT2D eigenvalue weighted by atomic mass is 35.5. The summed E-state index contributed by atoms with van der Waals surface area (Å²) in [6, 6.07) is 11.2. The van der Waals surface area contributed by atoms with Gasteiger partial charge in [-0.05, 0) is 55.8 Å². The number of rotatable bonds is 6. The van der Waals surface area contributed by atoms with Gasteiger partial charge in [0.2, 0.25) is 0 Å². The van der Waals surface area contributed by atoms with E-state index in [4.69, 9.17) is 16.0 Å². The third kappa shape index (κ3) is 4.82. The zero-order valence-electron chi connectivity index (χ0n) is 15.6. The number of nitrogens with one attached hydrogen (secondary N) is 1. The highest BCUT2D eigenvalue weighted by Gasteiger charge is 2.16. The van der Waals surface area contributed by atoms with Crippen molar-refractivity contribution in [2.75, 3.05) is 18.4 Å². The Morgan fingerprint density at radius 3 is 2.82 bits per heavy atom. The lowest BCUT2D eigenvalue weighted by Gasteiger charge is -2.25. The largest absolute Gasteiger partial charge is 0.455 e. The van der Waals surface area contributed by atoms with Crippen molar-refractivity contribution < 1.29 is 9.21 Å². The number of furan rings is 1. The van der Waals surface area contributed by atoms with E-state index in [1.165, 1.54) is 19.3 Å². The number of benzene rings is 1. The molecule has 3 heterocycles. The van der Waals surface area contributed by atoms with Gasteiger partial charge in [-0.1, -0.05) is 30.2 Å². The molecule has 0 bridgehead atoms. The number of halogens is 1. The monoisotopic (exact) mass is 398 g/mol. The minimum Gasteiger partial charge on any atom is -0.455 e. The molecule has 0 aliphatic carbocycles. The Balaban J connectivity index is 1.34. The first kappa shape index (κ1) is 18.8. The predicted octanol–water partition coefficient (Wildman–Crippen LogP) is 4.42. The van der Waals surface area contributed by atoms with E-state index >= 15 is 0 Å². The predicted molar refractivity (Wildman–Crippen MR) is 109 cm³/mol. The molecular weight excluding hydrogens is 376 g/mol. The maximum atomic E-state index is 12.5. The fraction of sp³-hybridized carbons (Fsp3) is 0.333. The van der Waals surface area contributed by atoms with Gasteiger partial charge < -0.3 is 9.73 Å². The number of anilines is 1. The van der Waals surface area contributed by atoms with Crippen LogP contribution in [-0.2, 0) is 13.1 Å². The maximum absolute atomic E-state index is 12.5. The fourth-order valence-electron chi connectivity index (χ4n) is 3.45. The van der Waals surface area contributed by atoms with Gasteiger partial charge in [0.15, 0.2) is 5.76 Å². The molecule has 0 radical (unpaired) electrons. The number of likely N-dealkylation sites (tertiary alicyclic amines) is 1. The summed E-state index contributed by atoms with van der Waals surface area (Å²) in [5.41, 5.74) is 1.67. The van der Waals surface area contributed by atoms with E-state index in [0.29, 0.717) is 23.0 Å². The second-order valence-electron chi connectivity index (χ2n) is 7.11. The fourth-order valence-corrected chi connectivity index (χ4v) is 3.67. The summed E-state index contributed by atoms with van der Waals surface area (Å²) >= 11 is 6.02. The van der Waals surface area contributed by atoms with Crippen LogP contribution in [0.1, 0.15) is 41.1 Å². The Hall–Kier alpha value is -2.57. The number of amides is 1. The highest BCUT2D eigenvalue weighted by Crippen LogP contribution is 2.17. The van der Waals surface area contributed by atoms with Crippen molar-refractivity contribution in [2.24, 2.45) is 0 Å². The van der Waals surface area contributed by atoms with Crippen LogP contribution in [0, 0.1) is 0 Å². The lowest BCUT2D eigenvalue weighted by atomic mass is 10.1. The molecule has 0 unspecified atom stereocenters. The molecular formula is C21H23ClN4O2. The van der Waals surface area contributed by atoms with Crippen molar-refractivity contribution in [3.63, 3.8) is 0 Å². The zero-order valence-corrected chi connectivity index (χ0v) is 16.4. The van der Waals surface area contributed by atoms with Gasteiger partial charge in [0.05, 0.1) is 25.0 Å². The number of nitrogens with zero attached hydrogens (tertiary/aromatic N) is 3. The number of piperidine rings is 1. The summed E-state index contributed by atoms with van der Waals surface area (Å²) in [7, 11) is 0. The van der Waals surface area contributed by atoms with Gasteiger partial charge in [-0.25, -0.2) is 0 Å². The van der Waals surface area contributed by atoms with E-state index in [1.54, 1.807) is 23.1 Å². The van der Waals surface area contributed by atoms with Crippen LogP contribution in [-0.4, -0.2) is 33.7 Å². The van der Waals surface area contributed by atoms with Gasteiger partial charge in [-0.3, -0.25) is 14.4 Å². The maximum Gasteiger partial charge on any atom is 0.291 e. The summed E-state index contributed by atoms with van der Waals surface area (Å²) in [5, 5.41) is 7.82. The van der Waals surface area contributed by atoms with Crippen molar-refractivity contribution in [3.8, 4) is 0 Å². The van der Waals surface area contributed by atoms with Crippen molar-refractivity contribution >= 4 is 23.2 Å². The molecule has 1 aliphatic rings. The van der Waals surface area contributed by atoms with Crippen LogP contribution < -0.4 is 5.32 Å². The standard InChI is InChI=1S/C21H23ClN4O2/c22-17-6-4-5-16(11-17)13-26-14-18(12-23-26)24-21(27)20-8-7-19(28-20)15-25-9-2-1-3-10-25/h4-8,11-12,14H,1-3,9-10,13,15H2,(H,24,27). The van der Waals surface area contributed by atoms with Crippen LogP contribution in [0.15, 0.2) is 53.2 Å². The number of hydrogen-bond acceptors (Lipinski definition) is 4. The number of carbonyl (C=O) groups excluding carboxylic acids is 1. The Bertz CT molecular complexity index is 943. The first-order chi connectivity index (χ1) is 13.7. The van der Waals surface area contributed by atoms with Crippen molar-refractivity contribution in [1.82, 2.24) is 14.7 Å². The summed E-state index contributed by atoms with van der Waals surface area (Å²) in [5.74, 6) is 0.866. The lowest BCUT2D eigenvalue weighted by molar-refractivity contribution is 0.0992. The summed E-state index contributed by atoms with van der Waals surface area (Å²) in [6.07, 6.45) is 7.17. The molecule has 1 fully saturated rings. The van der Waals surface area contributed by atoms with Crippen LogP contribution in [0.25, 0.3) is 0 Å². The Morgan fingerprint density at radius 1 is 1.14 bits per heavy atom. The van der Waals surface area contributed by atoms with E-state index in [1.807, 2.05) is 30.3 Å². The third-order valence-corrected chi connectivity index (χ3v) is 5.07. The molecule has 28 heavy (non-hydrogen) atoms. The first-order valence-electron chi connectivity index (χ1n) is 9.55. The lowest BCUT2D eigenvalue weighted by Crippen LogP contribution is -2.28. The average Bonchev–Trinajstić information content (AvgIpc) is 3.32. The van der Waals surface area contributed by atoms with Gasteiger partial charge in [-0.2, -0.15) is 5.10 Å². The van der Waals surface area contributed by atoms with E-state index in [9.17, 15) is 4.79 Å². The molecule has 0 saturated carbocycles. The topological polar surface area (TPSA) is 63.3 Å². The average molecular weight is 399 g/mol. The van der Waals surface area contributed by atoms with Gasteiger partial charge >= 0.3 is 0 Å². The molecule has 0 spiro atoms. The van der Waals surface area contributed by atoms with Crippen molar-refractivity contribution in [3.05, 3.63) is 70.9 Å². The molecule has 7 heteroatoms. The van der Waals surface area contributed by atoms with Gasteiger partial charge in [0.1, 0.15) is 5.76 Å². The van der Waals surface area contributed by atoms with Crippen LogP contribution in [0.3, 0.4) is 0 Å². The second-order valence-corrected chi connectivity index (χ2v) is 7.55. The zero-order chi connectivity index (χ0) is 19.3. The van der Waals surface area contributed by atoms with E-state index in [-0.39, 0.29) is 5.91 Å². The molecule has 2 aromatic heterocycles. The number of carbonyl (C=O) groups is 1. The van der Waals surface area contributed by atoms with Gasteiger partial charge in [0.25, 0.3) is 5.91 Å². The van der Waals surface area contributed by atoms with E-state index in [0.717, 1.165) is 31.0 Å². The van der Waals surface area contributed by atoms with Gasteiger partial charge in [-0.15, -0.1) is 0 Å². The minimum atomic E-state index is -0.271. The molecule has 146 valence electrons. The normalized spacial score (nSPS) is 14.9. The highest BCUT2D eigenvalue weighted by molar-refractivity contribution is 6.30. The molecule has 6 nitrogen and oxygen atoms in total. The Morgan fingerprint density at radius 2 is 2.00 bits per heavy atom. The van der Waals surface area contributed by atoms with Crippen molar-refractivity contribution in [1.29, 1.82) is 0 Å². The molecule has 3 aromatic rings. The van der Waals surface area contributed by atoms with Crippen LogP contribution in [0.5, 0.6) is 0 Å². The molecule has 4 rings (SSSR count). The number of aromatic nitrogens is 2. The van der Waals surface area contributed by atoms with Crippen molar-refractivity contribution in [2.45, 2.75) is 32.4 Å². The molecule has 1 aromatic carbocycles. The van der Waals surface area contributed by atoms with E-state index < -0.39 is 0 Å². The smallest absolute Gasteiger partial charge is 0.291 e. The molecule has 0 atom stereocenters. The summed E-state index contributed by atoms with van der Waals surface area (Å²) in [4.78, 5) is 14.8. The van der Waals surface area contributed by atoms with Gasteiger partial charge in [0, 0.05) is 11.2 Å². The first-order valence-corrected chi connectivity index (χ1v) is 9.93. The molecule has 1 aliphatic heterocycles. The quantitative estimate of drug-likeness (QED) is 0.667. The van der Waals surface area contributed by atoms with Crippen LogP contribution in [0.4, 0.5) is 5.69 Å². The summed E-state index contributed by atoms with van der Waals surface area (Å²) in [6.45, 7) is 3.52. The minimum absolute atomic E-state index is 0.271. The van der Waals surface area contributed by atoms with Crippen LogP contribution >= 0.6 is 11.6 Å². The molecule has 1 amide bonds. The number of hydrogen-bond donors (Lipinski definition) is 1. The van der Waals surface area contributed by atoms with Crippen LogP contribution in [0.2, 0.25) is 5.02 Å². The summed E-state index contributed by atoms with van der Waals surface area (Å²) < 4.78 is 7.50. The SMILES string of the molecule is O=C(Nc1cnn(Cc2cccc(Cl)c2)c1)c1ccc(CN2CCCCC2)o1. The molecule has 1 saturated heterocycles. The second kappa shape index (κ2) is 8.63. The molecule has 1 N–H and O–H groups in total. The third-order valence-electron chi connectivity index (χ3n) is 4.84. The Kier molecular flexibility index (Phi) is 5.78.